The predicted octanol–water partition coefficient (Wildman–Crippen LogP) is 0.344. The number of nitrogens with zero attached hydrogens (tertiary/aromatic N) is 2. The summed E-state index contributed by atoms with van der Waals surface area (Å²) in [5.41, 5.74) is 0.367. The average Bonchev–Trinajstić information content (AvgIpc) is 3.08. The lowest BCUT2D eigenvalue weighted by molar-refractivity contribution is -0.141. The lowest BCUT2D eigenvalue weighted by Crippen LogP contribution is -2.31. The number of fused-ring (bicyclic) bond motifs is 1. The molecule has 2 atom stereocenters. The van der Waals surface area contributed by atoms with Crippen molar-refractivity contribution in [3.63, 3.8) is 0 Å². The van der Waals surface area contributed by atoms with Crippen molar-refractivity contribution in [3.05, 3.63) is 17.7 Å². The number of ether oxygens (including phenoxy) is 3. The van der Waals surface area contributed by atoms with Crippen LogP contribution in [0.25, 0.3) is 0 Å². The molecule has 0 aliphatic carbocycles. The summed E-state index contributed by atoms with van der Waals surface area (Å²) in [7, 11) is 2.95. The van der Waals surface area contributed by atoms with Gasteiger partial charge in [0, 0.05) is 25.1 Å². The van der Waals surface area contributed by atoms with Crippen molar-refractivity contribution in [2.24, 2.45) is 11.8 Å². The van der Waals surface area contributed by atoms with Gasteiger partial charge in [-0.1, -0.05) is 0 Å². The van der Waals surface area contributed by atoms with E-state index in [2.05, 4.69) is 4.98 Å². The molecule has 2 saturated heterocycles. The van der Waals surface area contributed by atoms with Crippen molar-refractivity contribution < 1.29 is 23.8 Å². The number of hydrogen-bond acceptors (Lipinski definition) is 6. The number of rotatable bonds is 3. The third kappa shape index (κ3) is 2.28. The number of hydrogen-bond donors (Lipinski definition) is 0. The third-order valence-electron chi connectivity index (χ3n) is 3.94. The molecule has 0 spiro atoms. The van der Waals surface area contributed by atoms with Gasteiger partial charge in [0.1, 0.15) is 5.56 Å². The van der Waals surface area contributed by atoms with Crippen LogP contribution in [0.2, 0.25) is 0 Å². The highest BCUT2D eigenvalue weighted by atomic mass is 16.5. The monoisotopic (exact) mass is 292 g/mol. The molecule has 3 rings (SSSR count). The largest absolute Gasteiger partial charge is 0.481 e. The van der Waals surface area contributed by atoms with Gasteiger partial charge in [0.2, 0.25) is 11.8 Å². The first-order chi connectivity index (χ1) is 10.1. The normalized spacial score (nSPS) is 23.7. The summed E-state index contributed by atoms with van der Waals surface area (Å²) < 4.78 is 15.2. The molecule has 2 fully saturated rings. The highest BCUT2D eigenvalue weighted by Gasteiger charge is 2.45. The number of aromatic nitrogens is 1. The van der Waals surface area contributed by atoms with Crippen molar-refractivity contribution >= 4 is 11.9 Å². The minimum absolute atomic E-state index is 0.0960. The highest BCUT2D eigenvalue weighted by molar-refractivity contribution is 5.97. The predicted molar refractivity (Wildman–Crippen MR) is 71.2 cm³/mol. The van der Waals surface area contributed by atoms with E-state index < -0.39 is 0 Å². The van der Waals surface area contributed by atoms with Crippen LogP contribution in [-0.2, 0) is 9.53 Å². The first-order valence-electron chi connectivity index (χ1n) is 6.69. The zero-order valence-corrected chi connectivity index (χ0v) is 11.9. The number of amides is 1. The van der Waals surface area contributed by atoms with E-state index in [9.17, 15) is 9.59 Å². The quantitative estimate of drug-likeness (QED) is 0.748. The smallest absolute Gasteiger partial charge is 0.311 e. The Balaban J connectivity index is 1.81. The summed E-state index contributed by atoms with van der Waals surface area (Å²) in [5.74, 6) is 0.0911. The summed E-state index contributed by atoms with van der Waals surface area (Å²) in [6.07, 6.45) is 0. The van der Waals surface area contributed by atoms with Crippen LogP contribution in [0.1, 0.15) is 10.4 Å². The Morgan fingerprint density at radius 3 is 2.81 bits per heavy atom. The zero-order chi connectivity index (χ0) is 15.0. The topological polar surface area (TPSA) is 78.0 Å². The van der Waals surface area contributed by atoms with Gasteiger partial charge in [0.05, 0.1) is 26.7 Å². The second-order valence-electron chi connectivity index (χ2n) is 5.12. The number of esters is 1. The van der Waals surface area contributed by atoms with Crippen LogP contribution in [0.4, 0.5) is 0 Å². The Kier molecular flexibility index (Phi) is 3.40. The molecule has 112 valence electrons. The minimum atomic E-state index is -0.213. The Morgan fingerprint density at radius 2 is 2.14 bits per heavy atom. The van der Waals surface area contributed by atoms with Crippen LogP contribution in [-0.4, -0.2) is 55.7 Å². The van der Waals surface area contributed by atoms with Crippen molar-refractivity contribution in [2.45, 2.75) is 0 Å². The van der Waals surface area contributed by atoms with E-state index in [4.69, 9.17) is 14.2 Å². The molecule has 7 heteroatoms. The van der Waals surface area contributed by atoms with Crippen LogP contribution in [0.15, 0.2) is 12.1 Å². The summed E-state index contributed by atoms with van der Waals surface area (Å²) in [4.78, 5) is 29.9. The second-order valence-corrected chi connectivity index (χ2v) is 5.12. The Morgan fingerprint density at radius 1 is 1.33 bits per heavy atom. The van der Waals surface area contributed by atoms with E-state index in [1.54, 1.807) is 17.0 Å². The molecular formula is C14H16N2O5. The van der Waals surface area contributed by atoms with Gasteiger partial charge in [0.15, 0.2) is 0 Å². The van der Waals surface area contributed by atoms with Crippen LogP contribution < -0.4 is 9.47 Å². The molecule has 3 heterocycles. The lowest BCUT2D eigenvalue weighted by atomic mass is 10.0. The Hall–Kier alpha value is -2.31. The second kappa shape index (κ2) is 5.23. The molecular weight excluding hydrogens is 276 g/mol. The van der Waals surface area contributed by atoms with E-state index >= 15 is 0 Å². The van der Waals surface area contributed by atoms with Gasteiger partial charge in [-0.25, -0.2) is 0 Å². The molecule has 2 aliphatic rings. The van der Waals surface area contributed by atoms with Gasteiger partial charge >= 0.3 is 5.97 Å². The zero-order valence-electron chi connectivity index (χ0n) is 11.9. The number of methoxy groups -OCH3 is 2. The molecule has 0 unspecified atom stereocenters. The fraction of sp³-hybridized carbons (Fsp3) is 0.500. The molecule has 1 aromatic heterocycles. The average molecular weight is 292 g/mol. The highest BCUT2D eigenvalue weighted by Crippen LogP contribution is 2.32. The standard InChI is InChI=1S/C14H16N2O5/c1-19-11-4-3-9(12(15-11)20-2)13(17)16-5-8-7-21-14(18)10(8)6-16/h3-4,8,10H,5-7H2,1-2H3/t8-,10-/m1/s1. The molecule has 2 aliphatic heterocycles. The van der Waals surface area contributed by atoms with Gasteiger partial charge in [-0.3, -0.25) is 9.59 Å². The number of pyridine rings is 1. The van der Waals surface area contributed by atoms with Crippen molar-refractivity contribution in [1.82, 2.24) is 9.88 Å². The molecule has 1 aromatic rings. The Labute approximate surface area is 121 Å². The maximum absolute atomic E-state index is 12.6. The molecule has 0 N–H and O–H groups in total. The number of cyclic esters (lactones) is 1. The maximum Gasteiger partial charge on any atom is 0.311 e. The molecule has 0 radical (unpaired) electrons. The first-order valence-corrected chi connectivity index (χ1v) is 6.69. The van der Waals surface area contributed by atoms with Gasteiger partial charge in [-0.05, 0) is 6.07 Å². The van der Waals surface area contributed by atoms with Crippen LogP contribution >= 0.6 is 0 Å². The van der Waals surface area contributed by atoms with E-state index in [1.807, 2.05) is 0 Å². The van der Waals surface area contributed by atoms with Gasteiger partial charge in [-0.2, -0.15) is 4.98 Å². The van der Waals surface area contributed by atoms with Crippen LogP contribution in [0.3, 0.4) is 0 Å². The maximum atomic E-state index is 12.6. The van der Waals surface area contributed by atoms with E-state index in [0.717, 1.165) is 0 Å². The molecule has 0 bridgehead atoms. The van der Waals surface area contributed by atoms with Crippen LogP contribution in [0, 0.1) is 11.8 Å². The number of carbonyl (C=O) groups is 2. The van der Waals surface area contributed by atoms with E-state index in [0.29, 0.717) is 31.1 Å². The first kappa shape index (κ1) is 13.7. The number of likely N-dealkylation sites (tertiary alicyclic amines) is 1. The van der Waals surface area contributed by atoms with E-state index in [1.165, 1.54) is 14.2 Å². The summed E-state index contributed by atoms with van der Waals surface area (Å²) in [6.45, 7) is 1.30. The van der Waals surface area contributed by atoms with Crippen LogP contribution in [0.5, 0.6) is 11.8 Å². The lowest BCUT2D eigenvalue weighted by Gasteiger charge is -2.18. The fourth-order valence-corrected chi connectivity index (χ4v) is 2.80. The number of carbonyl (C=O) groups excluding carboxylic acids is 2. The SMILES string of the molecule is COc1ccc(C(=O)N2C[C@@H]3COC(=O)[C@@H]3C2)c(OC)n1. The molecule has 0 saturated carbocycles. The molecule has 0 aromatic carbocycles. The minimum Gasteiger partial charge on any atom is -0.481 e. The van der Waals surface area contributed by atoms with Crippen molar-refractivity contribution in [3.8, 4) is 11.8 Å². The van der Waals surface area contributed by atoms with Gasteiger partial charge in [-0.15, -0.1) is 0 Å². The summed E-state index contributed by atoms with van der Waals surface area (Å²) in [5, 5.41) is 0. The van der Waals surface area contributed by atoms with Crippen molar-refractivity contribution in [1.29, 1.82) is 0 Å². The van der Waals surface area contributed by atoms with Gasteiger partial charge in [0.25, 0.3) is 5.91 Å². The van der Waals surface area contributed by atoms with E-state index in [-0.39, 0.29) is 29.6 Å². The summed E-state index contributed by atoms with van der Waals surface area (Å²) >= 11 is 0. The van der Waals surface area contributed by atoms with Crippen molar-refractivity contribution in [2.75, 3.05) is 33.9 Å². The summed E-state index contributed by atoms with van der Waals surface area (Å²) in [6, 6.07) is 3.24. The fourth-order valence-electron chi connectivity index (χ4n) is 2.80. The Bertz CT molecular complexity index is 589. The molecule has 21 heavy (non-hydrogen) atoms. The molecule has 7 nitrogen and oxygen atoms in total. The van der Waals surface area contributed by atoms with Gasteiger partial charge < -0.3 is 19.1 Å². The third-order valence-corrected chi connectivity index (χ3v) is 3.94. The molecule has 1 amide bonds.